The number of carbonyl (C=O) groups is 1. The predicted molar refractivity (Wildman–Crippen MR) is 62.9 cm³/mol. The molecule has 1 unspecified atom stereocenters. The molecule has 0 aliphatic carbocycles. The summed E-state index contributed by atoms with van der Waals surface area (Å²) in [5.41, 5.74) is 0.228. The Morgan fingerprint density at radius 2 is 1.95 bits per heavy atom. The van der Waals surface area contributed by atoms with Crippen LogP contribution in [0.25, 0.3) is 0 Å². The molecule has 20 heavy (non-hydrogen) atoms. The molecule has 1 heterocycles. The number of cyclic esters (lactones) is 1. The highest BCUT2D eigenvalue weighted by molar-refractivity contribution is 7.54. The highest BCUT2D eigenvalue weighted by Gasteiger charge is 2.46. The summed E-state index contributed by atoms with van der Waals surface area (Å²) in [7, 11) is -1.47. The maximum Gasteiger partial charge on any atom is 0.387 e. The Kier molecular flexibility index (Phi) is 4.08. The average Bonchev–Trinajstić information content (AvgIpc) is 2.75. The van der Waals surface area contributed by atoms with Crippen LogP contribution < -0.4 is 4.74 Å². The summed E-state index contributed by atoms with van der Waals surface area (Å²) in [6.45, 7) is -3.01. The van der Waals surface area contributed by atoms with Gasteiger partial charge in [-0.05, 0) is 18.2 Å². The first-order valence-electron chi connectivity index (χ1n) is 5.42. The van der Waals surface area contributed by atoms with E-state index in [0.29, 0.717) is 0 Å². The van der Waals surface area contributed by atoms with Crippen molar-refractivity contribution in [2.75, 3.05) is 14.2 Å². The summed E-state index contributed by atoms with van der Waals surface area (Å²) < 4.78 is 55.4. The molecule has 0 aromatic heterocycles. The zero-order valence-corrected chi connectivity index (χ0v) is 11.4. The molecule has 1 atom stereocenters. The lowest BCUT2D eigenvalue weighted by atomic mass is 10.1. The zero-order valence-electron chi connectivity index (χ0n) is 10.5. The van der Waals surface area contributed by atoms with E-state index in [1.54, 1.807) is 0 Å². The van der Waals surface area contributed by atoms with Gasteiger partial charge in [0.2, 0.25) is 5.85 Å². The van der Waals surface area contributed by atoms with Crippen molar-refractivity contribution in [3.63, 3.8) is 0 Å². The minimum absolute atomic E-state index is 0.103. The smallest absolute Gasteiger partial charge is 0.387 e. The fourth-order valence-corrected chi connectivity index (χ4v) is 3.15. The van der Waals surface area contributed by atoms with Gasteiger partial charge < -0.3 is 18.5 Å². The van der Waals surface area contributed by atoms with Gasteiger partial charge in [-0.15, -0.1) is 0 Å². The molecule has 0 fully saturated rings. The van der Waals surface area contributed by atoms with Crippen molar-refractivity contribution in [2.45, 2.75) is 12.5 Å². The molecule has 0 radical (unpaired) electrons. The lowest BCUT2D eigenvalue weighted by Crippen LogP contribution is -2.04. The number of carbonyl (C=O) groups excluding carboxylic acids is 1. The van der Waals surface area contributed by atoms with Gasteiger partial charge in [0.25, 0.3) is 0 Å². The first-order chi connectivity index (χ1) is 9.41. The van der Waals surface area contributed by atoms with Crippen molar-refractivity contribution in [1.82, 2.24) is 0 Å². The van der Waals surface area contributed by atoms with E-state index in [2.05, 4.69) is 4.74 Å². The average molecular weight is 308 g/mol. The minimum Gasteiger partial charge on any atom is -0.441 e. The second-order valence-corrected chi connectivity index (χ2v) is 6.07. The lowest BCUT2D eigenvalue weighted by molar-refractivity contribution is -0.0499. The van der Waals surface area contributed by atoms with Crippen molar-refractivity contribution < 1.29 is 36.7 Å². The minimum atomic E-state index is -3.74. The van der Waals surface area contributed by atoms with Gasteiger partial charge in [0.05, 0.1) is 5.56 Å². The molecule has 6 nitrogen and oxygen atoms in total. The van der Waals surface area contributed by atoms with E-state index < -0.39 is 26.0 Å². The molecule has 0 bridgehead atoms. The topological polar surface area (TPSA) is 71.1 Å². The Morgan fingerprint density at radius 3 is 2.50 bits per heavy atom. The lowest BCUT2D eigenvalue weighted by Gasteiger charge is -2.19. The van der Waals surface area contributed by atoms with E-state index >= 15 is 0 Å². The first kappa shape index (κ1) is 14.9. The molecule has 9 heteroatoms. The second-order valence-electron chi connectivity index (χ2n) is 3.79. The van der Waals surface area contributed by atoms with Crippen LogP contribution in [-0.4, -0.2) is 26.8 Å². The van der Waals surface area contributed by atoms with Crippen LogP contribution in [0.5, 0.6) is 5.75 Å². The Bertz CT molecular complexity index is 568. The van der Waals surface area contributed by atoms with Crippen LogP contribution in [0, 0.1) is 0 Å². The SMILES string of the molecule is COP(=O)(OC)C1OC(=O)c2ccc(OC(F)F)cc21. The third-order valence-electron chi connectivity index (χ3n) is 2.75. The van der Waals surface area contributed by atoms with Crippen LogP contribution >= 0.6 is 7.60 Å². The number of halogens is 2. The third-order valence-corrected chi connectivity index (χ3v) is 4.72. The van der Waals surface area contributed by atoms with Crippen molar-refractivity contribution in [2.24, 2.45) is 0 Å². The molecule has 1 aromatic carbocycles. The fourth-order valence-electron chi connectivity index (χ4n) is 1.84. The summed E-state index contributed by atoms with van der Waals surface area (Å²) in [6.07, 6.45) is 0. The number of hydrogen-bond donors (Lipinski definition) is 0. The number of ether oxygens (including phenoxy) is 2. The van der Waals surface area contributed by atoms with Crippen LogP contribution in [0.3, 0.4) is 0 Å². The van der Waals surface area contributed by atoms with Crippen LogP contribution in [-0.2, 0) is 18.3 Å². The highest BCUT2D eigenvalue weighted by Crippen LogP contribution is 2.63. The Balaban J connectivity index is 2.44. The fraction of sp³-hybridized carbons (Fsp3) is 0.364. The quantitative estimate of drug-likeness (QED) is 0.615. The zero-order chi connectivity index (χ0) is 14.9. The van der Waals surface area contributed by atoms with E-state index in [4.69, 9.17) is 13.8 Å². The van der Waals surface area contributed by atoms with E-state index in [9.17, 15) is 18.1 Å². The van der Waals surface area contributed by atoms with Crippen LogP contribution in [0.4, 0.5) is 8.78 Å². The summed E-state index contributed by atoms with van der Waals surface area (Å²) in [6, 6.07) is 3.60. The number of alkyl halides is 2. The second kappa shape index (κ2) is 5.47. The predicted octanol–water partition coefficient (Wildman–Crippen LogP) is 2.94. The van der Waals surface area contributed by atoms with Gasteiger partial charge in [-0.2, -0.15) is 8.78 Å². The Morgan fingerprint density at radius 1 is 1.30 bits per heavy atom. The number of esters is 1. The van der Waals surface area contributed by atoms with Crippen molar-refractivity contribution in [3.8, 4) is 5.75 Å². The highest BCUT2D eigenvalue weighted by atomic mass is 31.2. The summed E-state index contributed by atoms with van der Waals surface area (Å²) in [4.78, 5) is 11.6. The first-order valence-corrected chi connectivity index (χ1v) is 7.03. The molecule has 0 N–H and O–H groups in total. The van der Waals surface area contributed by atoms with Crippen LogP contribution in [0.1, 0.15) is 21.8 Å². The molecule has 1 aromatic rings. The van der Waals surface area contributed by atoms with E-state index in [1.165, 1.54) is 12.1 Å². The van der Waals surface area contributed by atoms with Gasteiger partial charge in [0, 0.05) is 19.8 Å². The molecule has 0 spiro atoms. The van der Waals surface area contributed by atoms with Crippen molar-refractivity contribution in [1.29, 1.82) is 0 Å². The van der Waals surface area contributed by atoms with Gasteiger partial charge in [0.1, 0.15) is 5.75 Å². The van der Waals surface area contributed by atoms with Crippen molar-refractivity contribution in [3.05, 3.63) is 29.3 Å². The molecule has 0 amide bonds. The van der Waals surface area contributed by atoms with Gasteiger partial charge in [0.15, 0.2) is 0 Å². The van der Waals surface area contributed by atoms with E-state index in [0.717, 1.165) is 20.3 Å². The van der Waals surface area contributed by atoms with Gasteiger partial charge in [-0.1, -0.05) is 0 Å². The number of fused-ring (bicyclic) bond motifs is 1. The molecule has 1 aliphatic heterocycles. The largest absolute Gasteiger partial charge is 0.441 e. The van der Waals surface area contributed by atoms with Crippen LogP contribution in [0.15, 0.2) is 18.2 Å². The third kappa shape index (κ3) is 2.54. The van der Waals surface area contributed by atoms with E-state index in [1.807, 2.05) is 0 Å². The summed E-state index contributed by atoms with van der Waals surface area (Å²) >= 11 is 0. The Labute approximate surface area is 113 Å². The molecular formula is C11H11F2O6P. The maximum atomic E-state index is 12.3. The van der Waals surface area contributed by atoms with Gasteiger partial charge >= 0.3 is 20.2 Å². The number of benzene rings is 1. The molecule has 2 rings (SSSR count). The van der Waals surface area contributed by atoms with Crippen molar-refractivity contribution >= 4 is 13.6 Å². The number of rotatable bonds is 5. The van der Waals surface area contributed by atoms with Gasteiger partial charge in [-0.3, -0.25) is 4.57 Å². The van der Waals surface area contributed by atoms with Crippen LogP contribution in [0.2, 0.25) is 0 Å². The van der Waals surface area contributed by atoms with E-state index in [-0.39, 0.29) is 16.9 Å². The Hall–Kier alpha value is -1.50. The maximum absolute atomic E-state index is 12.3. The molecule has 110 valence electrons. The molecule has 0 saturated carbocycles. The standard InChI is InChI=1S/C11H11F2O6P/c1-16-20(15,17-2)10-8-5-6(18-11(12)13)3-4-7(8)9(14)19-10/h3-5,10-11H,1-2H3. The summed E-state index contributed by atoms with van der Waals surface area (Å²) in [5.74, 6) is -2.22. The normalized spacial score (nSPS) is 18.1. The van der Waals surface area contributed by atoms with Gasteiger partial charge in [-0.25, -0.2) is 4.79 Å². The monoisotopic (exact) mass is 308 g/mol. The molecule has 0 saturated heterocycles. The number of hydrogen-bond acceptors (Lipinski definition) is 6. The summed E-state index contributed by atoms with van der Waals surface area (Å²) in [5, 5.41) is 0. The molecule has 1 aliphatic rings. The molecular weight excluding hydrogens is 297 g/mol.